The predicted octanol–water partition coefficient (Wildman–Crippen LogP) is 3.48. The van der Waals surface area contributed by atoms with Crippen LogP contribution in [0.4, 0.5) is 13.2 Å². The molecule has 2 rings (SSSR count). The van der Waals surface area contributed by atoms with E-state index in [4.69, 9.17) is 5.73 Å². The number of carbonyl (C=O) groups is 1. The molecule has 0 aromatic heterocycles. The monoisotopic (exact) mass is 390 g/mol. The van der Waals surface area contributed by atoms with Gasteiger partial charge in [0.15, 0.2) is 0 Å². The van der Waals surface area contributed by atoms with E-state index in [0.29, 0.717) is 0 Å². The van der Waals surface area contributed by atoms with E-state index in [1.54, 1.807) is 0 Å². The summed E-state index contributed by atoms with van der Waals surface area (Å²) in [5.41, 5.74) is 2.65. The second-order valence-corrected chi connectivity index (χ2v) is 9.88. The average Bonchev–Trinajstić information content (AvgIpc) is 3.26. The molecule has 2 N–H and O–H groups in total. The topological polar surface area (TPSA) is 97.2 Å². The third kappa shape index (κ3) is 4.29. The number of hydrogen-bond donors (Lipinski definition) is 1. The van der Waals surface area contributed by atoms with Crippen molar-refractivity contribution in [3.05, 3.63) is 35.4 Å². The van der Waals surface area contributed by atoms with Crippen molar-refractivity contribution in [2.24, 2.45) is 25.7 Å². The SMILES string of the molecule is CC(C)(C)C(N)CS(C)(=O)=NC(=O)c1cccc(C2(C(F)(F)F)N=N2)c1. The summed E-state index contributed by atoms with van der Waals surface area (Å²) in [4.78, 5) is 12.3. The highest BCUT2D eigenvalue weighted by Gasteiger charge is 2.65. The highest BCUT2D eigenvalue weighted by Crippen LogP contribution is 2.52. The van der Waals surface area contributed by atoms with Crippen LogP contribution in [0.1, 0.15) is 36.7 Å². The van der Waals surface area contributed by atoms with Crippen LogP contribution in [0.5, 0.6) is 0 Å². The Morgan fingerprint density at radius 2 is 1.88 bits per heavy atom. The van der Waals surface area contributed by atoms with Crippen LogP contribution in [-0.2, 0) is 15.4 Å². The van der Waals surface area contributed by atoms with Crippen molar-refractivity contribution in [3.8, 4) is 0 Å². The van der Waals surface area contributed by atoms with Crippen molar-refractivity contribution in [1.29, 1.82) is 0 Å². The number of nitrogens with zero attached hydrogens (tertiary/aromatic N) is 3. The molecule has 0 bridgehead atoms. The number of halogens is 3. The van der Waals surface area contributed by atoms with Gasteiger partial charge in [-0.1, -0.05) is 32.9 Å². The maximum absolute atomic E-state index is 13.1. The first-order chi connectivity index (χ1) is 11.7. The van der Waals surface area contributed by atoms with Crippen molar-refractivity contribution in [1.82, 2.24) is 0 Å². The summed E-state index contributed by atoms with van der Waals surface area (Å²) in [6, 6.07) is 4.34. The van der Waals surface area contributed by atoms with E-state index in [-0.39, 0.29) is 22.3 Å². The van der Waals surface area contributed by atoms with Crippen LogP contribution in [-0.4, -0.2) is 34.3 Å². The molecule has 1 aromatic carbocycles. The maximum Gasteiger partial charge on any atom is 0.442 e. The smallest absolute Gasteiger partial charge is 0.326 e. The van der Waals surface area contributed by atoms with Crippen LogP contribution >= 0.6 is 0 Å². The van der Waals surface area contributed by atoms with Crippen molar-refractivity contribution >= 4 is 15.6 Å². The quantitative estimate of drug-likeness (QED) is 0.852. The fourth-order valence-corrected chi connectivity index (χ4v) is 3.86. The molecule has 26 heavy (non-hydrogen) atoms. The number of nitrogens with two attached hydrogens (primary N) is 1. The molecule has 0 radical (unpaired) electrons. The Kier molecular flexibility index (Phi) is 5.06. The molecular weight excluding hydrogens is 369 g/mol. The molecule has 1 heterocycles. The van der Waals surface area contributed by atoms with E-state index < -0.39 is 33.5 Å². The molecule has 0 spiro atoms. The summed E-state index contributed by atoms with van der Waals surface area (Å²) < 4.78 is 55.6. The zero-order valence-electron chi connectivity index (χ0n) is 14.9. The fourth-order valence-electron chi connectivity index (χ4n) is 2.16. The summed E-state index contributed by atoms with van der Waals surface area (Å²) in [5.74, 6) is -0.863. The van der Waals surface area contributed by atoms with E-state index in [2.05, 4.69) is 14.6 Å². The van der Waals surface area contributed by atoms with Gasteiger partial charge in [0, 0.05) is 29.2 Å². The van der Waals surface area contributed by atoms with E-state index >= 15 is 0 Å². The fraction of sp³-hybridized carbons (Fsp3) is 0.562. The number of hydrogen-bond acceptors (Lipinski definition) is 5. The zero-order valence-corrected chi connectivity index (χ0v) is 15.7. The van der Waals surface area contributed by atoms with Gasteiger partial charge in [0.1, 0.15) is 0 Å². The van der Waals surface area contributed by atoms with Crippen LogP contribution < -0.4 is 5.73 Å². The summed E-state index contributed by atoms with van der Waals surface area (Å²) in [6.45, 7) is 5.62. The molecule has 6 nitrogen and oxygen atoms in total. The number of benzene rings is 1. The minimum absolute atomic E-state index is 0.000907. The van der Waals surface area contributed by atoms with Gasteiger partial charge in [-0.3, -0.25) is 4.79 Å². The van der Waals surface area contributed by atoms with Crippen LogP contribution in [0.25, 0.3) is 0 Å². The molecule has 0 saturated carbocycles. The predicted molar refractivity (Wildman–Crippen MR) is 92.2 cm³/mol. The van der Waals surface area contributed by atoms with Gasteiger partial charge in [-0.2, -0.15) is 17.5 Å². The third-order valence-corrected chi connectivity index (χ3v) is 5.61. The molecule has 1 amide bonds. The van der Waals surface area contributed by atoms with Crippen molar-refractivity contribution in [3.63, 3.8) is 0 Å². The molecule has 1 aromatic rings. The van der Waals surface area contributed by atoms with Crippen LogP contribution in [0, 0.1) is 5.41 Å². The number of rotatable bonds is 4. The van der Waals surface area contributed by atoms with Gasteiger partial charge < -0.3 is 5.73 Å². The lowest BCUT2D eigenvalue weighted by Gasteiger charge is -2.27. The minimum Gasteiger partial charge on any atom is -0.326 e. The lowest BCUT2D eigenvalue weighted by molar-refractivity contribution is -0.166. The standard InChI is InChI=1S/C16H21F3N4O2S/c1-14(2,3)12(20)9-26(4,25)21-13(24)10-6-5-7-11(8-10)15(22-23-15)16(17,18)19/h5-8,12H,9,20H2,1-4H3. The van der Waals surface area contributed by atoms with E-state index in [0.717, 1.165) is 6.07 Å². The van der Waals surface area contributed by atoms with Crippen LogP contribution in [0.3, 0.4) is 0 Å². The molecule has 10 heteroatoms. The summed E-state index contributed by atoms with van der Waals surface area (Å²) >= 11 is 0. The Bertz CT molecular complexity index is 859. The normalized spacial score (nSPS) is 19.5. The van der Waals surface area contributed by atoms with Gasteiger partial charge in [-0.25, -0.2) is 4.21 Å². The Morgan fingerprint density at radius 3 is 2.35 bits per heavy atom. The van der Waals surface area contributed by atoms with Crippen molar-refractivity contribution < 1.29 is 22.2 Å². The summed E-state index contributed by atoms with van der Waals surface area (Å²) in [7, 11) is -2.94. The molecule has 2 unspecified atom stereocenters. The second-order valence-electron chi connectivity index (χ2n) is 7.45. The maximum atomic E-state index is 13.1. The molecule has 1 aliphatic rings. The largest absolute Gasteiger partial charge is 0.442 e. The molecule has 2 atom stereocenters. The lowest BCUT2D eigenvalue weighted by atomic mass is 9.89. The Hall–Kier alpha value is -1.81. The van der Waals surface area contributed by atoms with E-state index in [9.17, 15) is 22.2 Å². The first-order valence-electron chi connectivity index (χ1n) is 7.79. The van der Waals surface area contributed by atoms with E-state index in [1.165, 1.54) is 24.5 Å². The molecule has 0 saturated heterocycles. The van der Waals surface area contributed by atoms with Crippen molar-refractivity contribution in [2.75, 3.05) is 12.0 Å². The highest BCUT2D eigenvalue weighted by atomic mass is 32.2. The number of carbonyl (C=O) groups excluding carboxylic acids is 1. The number of amides is 1. The highest BCUT2D eigenvalue weighted by molar-refractivity contribution is 7.93. The van der Waals surface area contributed by atoms with Gasteiger partial charge in [0.05, 0.1) is 9.73 Å². The Balaban J connectivity index is 2.28. The van der Waals surface area contributed by atoms with Crippen molar-refractivity contribution in [2.45, 2.75) is 38.7 Å². The zero-order chi connectivity index (χ0) is 20.0. The van der Waals surface area contributed by atoms with Crippen LogP contribution in [0.15, 0.2) is 38.9 Å². The molecule has 0 aliphatic carbocycles. The van der Waals surface area contributed by atoms with Gasteiger partial charge in [-0.05, 0) is 17.5 Å². The first-order valence-corrected chi connectivity index (χ1v) is 9.88. The molecule has 0 fully saturated rings. The van der Waals surface area contributed by atoms with Gasteiger partial charge in [-0.15, -0.1) is 10.2 Å². The van der Waals surface area contributed by atoms with Gasteiger partial charge in [0.25, 0.3) is 5.91 Å². The average molecular weight is 390 g/mol. The first kappa shape index (κ1) is 20.5. The van der Waals surface area contributed by atoms with E-state index in [1.807, 2.05) is 20.8 Å². The van der Waals surface area contributed by atoms with Gasteiger partial charge in [0.2, 0.25) is 0 Å². The lowest BCUT2D eigenvalue weighted by Crippen LogP contribution is -2.40. The summed E-state index contributed by atoms with van der Waals surface area (Å²) in [6.07, 6.45) is -3.38. The molecule has 1 aliphatic heterocycles. The minimum atomic E-state index is -4.69. The number of alkyl halides is 3. The summed E-state index contributed by atoms with van der Waals surface area (Å²) in [5, 5.41) is 6.20. The second kappa shape index (κ2) is 6.41. The Labute approximate surface area is 150 Å². The molecular formula is C16H21F3N4O2S. The Morgan fingerprint density at radius 1 is 1.31 bits per heavy atom. The molecule has 144 valence electrons. The third-order valence-electron chi connectivity index (χ3n) is 4.08. The van der Waals surface area contributed by atoms with Gasteiger partial charge >= 0.3 is 11.8 Å². The van der Waals surface area contributed by atoms with Crippen LogP contribution in [0.2, 0.25) is 0 Å².